The Morgan fingerprint density at radius 2 is 2.26 bits per heavy atom. The minimum Gasteiger partial charge on any atom is -0.456 e. The normalized spacial score (nSPS) is 23.4. The molecule has 1 fully saturated rings. The molecule has 1 aliphatic rings. The molecule has 106 valence electrons. The summed E-state index contributed by atoms with van der Waals surface area (Å²) in [5, 5.41) is 4.09. The third-order valence-corrected chi connectivity index (χ3v) is 4.30. The quantitative estimate of drug-likeness (QED) is 0.865. The Morgan fingerprint density at radius 1 is 1.58 bits per heavy atom. The molecule has 1 saturated heterocycles. The summed E-state index contributed by atoms with van der Waals surface area (Å²) < 4.78 is 30.6. The topological polar surface area (TPSA) is 51.2 Å². The molecule has 1 aliphatic heterocycles. The number of alkyl halides is 2. The van der Waals surface area contributed by atoms with Crippen LogP contribution < -0.4 is 5.32 Å². The van der Waals surface area contributed by atoms with E-state index in [1.807, 2.05) is 20.8 Å². The minimum absolute atomic E-state index is 0.000811. The van der Waals surface area contributed by atoms with Gasteiger partial charge in [0.25, 0.3) is 0 Å². The zero-order valence-electron chi connectivity index (χ0n) is 11.0. The molecule has 1 aromatic rings. The first-order valence-corrected chi connectivity index (χ1v) is 6.87. The summed E-state index contributed by atoms with van der Waals surface area (Å²) in [6.07, 6.45) is -1.31. The Labute approximate surface area is 114 Å². The van der Waals surface area contributed by atoms with Crippen molar-refractivity contribution in [3.8, 4) is 0 Å². The number of ether oxygens (including phenoxy) is 1. The van der Waals surface area contributed by atoms with Crippen molar-refractivity contribution >= 4 is 17.3 Å². The summed E-state index contributed by atoms with van der Waals surface area (Å²) in [5.74, 6) is -4.76. The first-order valence-electron chi connectivity index (χ1n) is 6.06. The van der Waals surface area contributed by atoms with Crippen molar-refractivity contribution in [2.24, 2.45) is 0 Å². The maximum absolute atomic E-state index is 13.0. The molecule has 2 atom stereocenters. The number of rotatable bonds is 4. The van der Waals surface area contributed by atoms with Crippen LogP contribution in [0.3, 0.4) is 0 Å². The molecule has 0 aromatic carbocycles. The standard InChI is InChI=1S/C12H16F2N2O2S/c1-6(10-7(2)16-8(3)19-10)15-5-9-4-12(13,14)11(17)18-9/h6,9,15H,4-5H2,1-3H3. The van der Waals surface area contributed by atoms with Gasteiger partial charge >= 0.3 is 11.9 Å². The smallest absolute Gasteiger partial charge is 0.377 e. The fraction of sp³-hybridized carbons (Fsp3) is 0.667. The van der Waals surface area contributed by atoms with E-state index in [-0.39, 0.29) is 12.6 Å². The van der Waals surface area contributed by atoms with E-state index in [2.05, 4.69) is 15.0 Å². The van der Waals surface area contributed by atoms with Crippen LogP contribution in [0.25, 0.3) is 0 Å². The molecule has 2 rings (SSSR count). The summed E-state index contributed by atoms with van der Waals surface area (Å²) in [4.78, 5) is 16.3. The van der Waals surface area contributed by atoms with Crippen molar-refractivity contribution in [1.82, 2.24) is 10.3 Å². The largest absolute Gasteiger partial charge is 0.456 e. The van der Waals surface area contributed by atoms with Gasteiger partial charge in [0.2, 0.25) is 0 Å². The van der Waals surface area contributed by atoms with Crippen LogP contribution in [0.2, 0.25) is 0 Å². The number of hydrogen-bond donors (Lipinski definition) is 1. The number of halogens is 2. The van der Waals surface area contributed by atoms with Gasteiger partial charge in [-0.05, 0) is 20.8 Å². The molecule has 2 heterocycles. The Hall–Kier alpha value is -1.08. The van der Waals surface area contributed by atoms with E-state index in [1.165, 1.54) is 0 Å². The van der Waals surface area contributed by atoms with Crippen molar-refractivity contribution in [1.29, 1.82) is 0 Å². The van der Waals surface area contributed by atoms with Gasteiger partial charge in [-0.1, -0.05) is 0 Å². The van der Waals surface area contributed by atoms with Crippen LogP contribution in [0, 0.1) is 13.8 Å². The molecule has 0 amide bonds. The number of thiazole rings is 1. The van der Waals surface area contributed by atoms with Gasteiger partial charge in [0.05, 0.1) is 17.1 Å². The molecule has 7 heteroatoms. The molecule has 4 nitrogen and oxygen atoms in total. The van der Waals surface area contributed by atoms with E-state index >= 15 is 0 Å². The van der Waals surface area contributed by atoms with Crippen LogP contribution in [-0.4, -0.2) is 29.5 Å². The Bertz CT molecular complexity index is 490. The molecule has 0 aliphatic carbocycles. The molecule has 0 bridgehead atoms. The molecular formula is C12H16F2N2O2S. The van der Waals surface area contributed by atoms with Crippen molar-refractivity contribution in [3.63, 3.8) is 0 Å². The van der Waals surface area contributed by atoms with Gasteiger partial charge in [0, 0.05) is 17.5 Å². The van der Waals surface area contributed by atoms with E-state index in [1.54, 1.807) is 11.3 Å². The van der Waals surface area contributed by atoms with E-state index in [0.717, 1.165) is 15.6 Å². The van der Waals surface area contributed by atoms with Gasteiger partial charge in [-0.15, -0.1) is 11.3 Å². The number of cyclic esters (lactones) is 1. The van der Waals surface area contributed by atoms with Gasteiger partial charge in [0.1, 0.15) is 6.10 Å². The van der Waals surface area contributed by atoms with Crippen LogP contribution in [0.4, 0.5) is 8.78 Å². The Kier molecular flexibility index (Phi) is 3.87. The lowest BCUT2D eigenvalue weighted by Crippen LogP contribution is -2.29. The van der Waals surface area contributed by atoms with Crippen molar-refractivity contribution in [2.45, 2.75) is 45.3 Å². The first kappa shape index (κ1) is 14.3. The van der Waals surface area contributed by atoms with E-state index in [9.17, 15) is 13.6 Å². The summed E-state index contributed by atoms with van der Waals surface area (Å²) >= 11 is 1.58. The molecule has 0 spiro atoms. The average molecular weight is 290 g/mol. The highest BCUT2D eigenvalue weighted by molar-refractivity contribution is 7.11. The number of carbonyl (C=O) groups is 1. The predicted octanol–water partition coefficient (Wildman–Crippen LogP) is 2.36. The SMILES string of the molecule is Cc1nc(C)c(C(C)NCC2CC(F)(F)C(=O)O2)s1. The number of aryl methyl sites for hydroxylation is 2. The third kappa shape index (κ3) is 3.09. The Morgan fingerprint density at radius 3 is 2.74 bits per heavy atom. The minimum atomic E-state index is -3.34. The molecule has 2 unspecified atom stereocenters. The van der Waals surface area contributed by atoms with Crippen LogP contribution in [0.5, 0.6) is 0 Å². The highest BCUT2D eigenvalue weighted by Crippen LogP contribution is 2.31. The average Bonchev–Trinajstić information content (AvgIpc) is 2.76. The van der Waals surface area contributed by atoms with Gasteiger partial charge in [-0.2, -0.15) is 8.78 Å². The maximum atomic E-state index is 13.0. The Balaban J connectivity index is 1.90. The highest BCUT2D eigenvalue weighted by atomic mass is 32.1. The van der Waals surface area contributed by atoms with Crippen molar-refractivity contribution in [2.75, 3.05) is 6.54 Å². The summed E-state index contributed by atoms with van der Waals surface area (Å²) in [6.45, 7) is 6.00. The molecule has 1 N–H and O–H groups in total. The maximum Gasteiger partial charge on any atom is 0.377 e. The fourth-order valence-corrected chi connectivity index (χ4v) is 3.07. The molecule has 19 heavy (non-hydrogen) atoms. The van der Waals surface area contributed by atoms with Crippen LogP contribution in [0.15, 0.2) is 0 Å². The lowest BCUT2D eigenvalue weighted by Gasteiger charge is -2.15. The third-order valence-electron chi connectivity index (χ3n) is 3.04. The lowest BCUT2D eigenvalue weighted by atomic mass is 10.2. The number of aromatic nitrogens is 1. The zero-order valence-corrected chi connectivity index (χ0v) is 11.8. The molecule has 0 radical (unpaired) electrons. The number of nitrogens with one attached hydrogen (secondary N) is 1. The van der Waals surface area contributed by atoms with Crippen LogP contribution >= 0.6 is 11.3 Å². The predicted molar refractivity (Wildman–Crippen MR) is 67.4 cm³/mol. The first-order chi connectivity index (χ1) is 8.79. The number of carbonyl (C=O) groups excluding carboxylic acids is 1. The van der Waals surface area contributed by atoms with Crippen molar-refractivity contribution < 1.29 is 18.3 Å². The lowest BCUT2D eigenvalue weighted by molar-refractivity contribution is -0.159. The summed E-state index contributed by atoms with van der Waals surface area (Å²) in [7, 11) is 0. The monoisotopic (exact) mass is 290 g/mol. The second-order valence-corrected chi connectivity index (χ2v) is 5.98. The van der Waals surface area contributed by atoms with E-state index in [4.69, 9.17) is 0 Å². The van der Waals surface area contributed by atoms with E-state index < -0.39 is 24.4 Å². The number of esters is 1. The number of nitrogens with zero attached hydrogens (tertiary/aromatic N) is 1. The summed E-state index contributed by atoms with van der Waals surface area (Å²) in [5.41, 5.74) is 0.941. The zero-order chi connectivity index (χ0) is 14.2. The van der Waals surface area contributed by atoms with Gasteiger partial charge in [-0.25, -0.2) is 9.78 Å². The van der Waals surface area contributed by atoms with Gasteiger partial charge < -0.3 is 10.1 Å². The van der Waals surface area contributed by atoms with E-state index in [0.29, 0.717) is 0 Å². The number of hydrogen-bond acceptors (Lipinski definition) is 5. The fourth-order valence-electron chi connectivity index (χ4n) is 2.11. The highest BCUT2D eigenvalue weighted by Gasteiger charge is 2.50. The second kappa shape index (κ2) is 5.13. The second-order valence-electron chi connectivity index (χ2n) is 4.75. The molecular weight excluding hydrogens is 274 g/mol. The van der Waals surface area contributed by atoms with Gasteiger partial charge in [-0.3, -0.25) is 0 Å². The van der Waals surface area contributed by atoms with Crippen LogP contribution in [0.1, 0.15) is 35.0 Å². The molecule has 0 saturated carbocycles. The van der Waals surface area contributed by atoms with Crippen molar-refractivity contribution in [3.05, 3.63) is 15.6 Å². The summed E-state index contributed by atoms with van der Waals surface area (Å²) in [6, 6.07) is -0.000811. The van der Waals surface area contributed by atoms with Gasteiger partial charge in [0.15, 0.2) is 0 Å². The van der Waals surface area contributed by atoms with Crippen LogP contribution in [-0.2, 0) is 9.53 Å². The molecule has 1 aromatic heterocycles.